The molecule has 0 radical (unpaired) electrons. The summed E-state index contributed by atoms with van der Waals surface area (Å²) in [5.41, 5.74) is 2.73. The molecule has 236 valence electrons. The van der Waals surface area contributed by atoms with E-state index in [0.29, 0.717) is 0 Å². The Morgan fingerprint density at radius 2 is 2.02 bits per heavy atom. The summed E-state index contributed by atoms with van der Waals surface area (Å²) < 4.78 is 33.4. The molecule has 3 amide bonds. The number of rotatable bonds is 11. The molecule has 1 fully saturated rings. The van der Waals surface area contributed by atoms with Gasteiger partial charge in [-0.05, 0) is 13.8 Å². The number of H-pyrrole nitrogens is 1. The summed E-state index contributed by atoms with van der Waals surface area (Å²) in [5, 5.41) is 28.6. The molecule has 0 aliphatic carbocycles. The smallest absolute Gasteiger partial charge is 0.362 e. The van der Waals surface area contributed by atoms with Crippen LogP contribution in [0.15, 0.2) is 32.6 Å². The number of aromatic amines is 1. The number of thiazole rings is 1. The highest BCUT2D eigenvalue weighted by Gasteiger charge is 2.54. The van der Waals surface area contributed by atoms with Crippen molar-refractivity contribution >= 4 is 68.0 Å². The standard InChI is InChI=1S/C22H24N8O11S3/c1-22(2,20(36)37)41-29-14(9-6-43-21(23)27-9)17(34)28-15-11(30(19(15)35)44(38,39)40)4-25-16(33)10-7-42-18(26-10)8-3-12(31)13(32)5-24-8/h3,5,7,9,11,15,32H,4,6H2,1-2H3,(H2,23,27)(H,24,31)(H,25,33)(H,28,34)(H,36,37)(H,38,39,40)/b29-14-/t9?,11-,15+/m1/s1. The van der Waals surface area contributed by atoms with Gasteiger partial charge in [0.2, 0.25) is 11.0 Å². The molecule has 4 heterocycles. The number of carbonyl (C=O) groups is 4. The van der Waals surface area contributed by atoms with E-state index in [-0.39, 0.29) is 31.6 Å². The third-order valence-electron chi connectivity index (χ3n) is 6.14. The van der Waals surface area contributed by atoms with Crippen molar-refractivity contribution in [3.8, 4) is 16.5 Å². The van der Waals surface area contributed by atoms with E-state index < -0.39 is 81.2 Å². The molecular weight excluding hydrogens is 648 g/mol. The van der Waals surface area contributed by atoms with Gasteiger partial charge in [0.15, 0.2) is 16.6 Å². The zero-order valence-electron chi connectivity index (χ0n) is 22.6. The molecule has 4 rings (SSSR count). The molecule has 0 spiro atoms. The van der Waals surface area contributed by atoms with Crippen LogP contribution in [0.3, 0.4) is 0 Å². The maximum Gasteiger partial charge on any atom is 0.362 e. The molecule has 1 unspecified atom stereocenters. The molecule has 2 aliphatic heterocycles. The Balaban J connectivity index is 1.51. The SMILES string of the molecule is CC(C)(O/N=C(\C(=O)N[C@@H]1C(=O)N(S(=O)(=O)O)[C@@H]1CNC(=O)c1csc(-c2cc(=O)c(O)c[nH]2)n1)C1CSC(N)=N1)C(=O)O. The number of hydrogen-bond donors (Lipinski definition) is 7. The van der Waals surface area contributed by atoms with Crippen LogP contribution in [0.2, 0.25) is 0 Å². The Kier molecular flexibility index (Phi) is 8.99. The highest BCUT2D eigenvalue weighted by atomic mass is 32.2. The quantitative estimate of drug-likeness (QED) is 0.0594. The van der Waals surface area contributed by atoms with Gasteiger partial charge in [-0.2, -0.15) is 8.42 Å². The fraction of sp³-hybridized carbons (Fsp3) is 0.364. The van der Waals surface area contributed by atoms with E-state index in [1.807, 2.05) is 0 Å². The molecule has 0 aromatic carbocycles. The van der Waals surface area contributed by atoms with Crippen LogP contribution in [0.4, 0.5) is 0 Å². The van der Waals surface area contributed by atoms with Gasteiger partial charge in [-0.25, -0.2) is 14.1 Å². The molecule has 19 nitrogen and oxygen atoms in total. The van der Waals surface area contributed by atoms with Gasteiger partial charge in [0.05, 0.1) is 11.7 Å². The summed E-state index contributed by atoms with van der Waals surface area (Å²) >= 11 is 2.04. The van der Waals surface area contributed by atoms with Crippen molar-refractivity contribution in [1.82, 2.24) is 24.9 Å². The Bertz CT molecular complexity index is 1750. The van der Waals surface area contributed by atoms with Crippen molar-refractivity contribution in [2.75, 3.05) is 12.3 Å². The molecule has 0 saturated carbocycles. The van der Waals surface area contributed by atoms with Crippen molar-refractivity contribution in [3.63, 3.8) is 0 Å². The number of nitrogens with two attached hydrogens (primary N) is 1. The number of aromatic nitrogens is 2. The lowest BCUT2D eigenvalue weighted by Crippen LogP contribution is -2.74. The summed E-state index contributed by atoms with van der Waals surface area (Å²) in [6, 6.07) is -3.02. The summed E-state index contributed by atoms with van der Waals surface area (Å²) in [6.07, 6.45) is 1.05. The molecule has 2 aromatic heterocycles. The Morgan fingerprint density at radius 1 is 1.32 bits per heavy atom. The monoisotopic (exact) mass is 672 g/mol. The van der Waals surface area contributed by atoms with Gasteiger partial charge in [-0.15, -0.1) is 11.3 Å². The number of aliphatic imine (C=N–C) groups is 1. The number of oxime groups is 1. The van der Waals surface area contributed by atoms with Crippen molar-refractivity contribution in [3.05, 3.63) is 33.6 Å². The summed E-state index contributed by atoms with van der Waals surface area (Å²) in [7, 11) is -5.12. The number of carboxylic acid groups (broad SMARTS) is 1. The van der Waals surface area contributed by atoms with Crippen LogP contribution in [0.5, 0.6) is 5.75 Å². The molecular formula is C22H24N8O11S3. The maximum absolute atomic E-state index is 13.2. The first-order valence-electron chi connectivity index (χ1n) is 12.2. The number of carboxylic acids is 1. The number of amides is 3. The second-order valence-corrected chi connectivity index (χ2v) is 12.8. The second-order valence-electron chi connectivity index (χ2n) is 9.65. The average molecular weight is 673 g/mol. The molecule has 2 aromatic rings. The van der Waals surface area contributed by atoms with Crippen LogP contribution in [-0.4, -0.2) is 108 Å². The predicted molar refractivity (Wildman–Crippen MR) is 154 cm³/mol. The molecule has 2 aliphatic rings. The molecule has 1 saturated heterocycles. The lowest BCUT2D eigenvalue weighted by molar-refractivity contribution is -0.161. The van der Waals surface area contributed by atoms with Crippen LogP contribution in [0.1, 0.15) is 24.3 Å². The van der Waals surface area contributed by atoms with Gasteiger partial charge in [0.25, 0.3) is 17.7 Å². The Hall–Kier alpha value is -4.54. The van der Waals surface area contributed by atoms with E-state index in [9.17, 15) is 47.2 Å². The number of nitrogens with one attached hydrogen (secondary N) is 3. The fourth-order valence-electron chi connectivity index (χ4n) is 3.74. The van der Waals surface area contributed by atoms with Crippen molar-refractivity contribution in [2.45, 2.75) is 37.6 Å². The minimum Gasteiger partial charge on any atom is -0.503 e. The number of hydrogen-bond acceptors (Lipinski definition) is 15. The van der Waals surface area contributed by atoms with Gasteiger partial charge < -0.3 is 36.4 Å². The second kappa shape index (κ2) is 12.2. The van der Waals surface area contributed by atoms with E-state index in [2.05, 4.69) is 30.7 Å². The number of thioether (sulfide) groups is 1. The lowest BCUT2D eigenvalue weighted by atomic mass is 9.98. The van der Waals surface area contributed by atoms with E-state index in [1.165, 1.54) is 19.2 Å². The van der Waals surface area contributed by atoms with Gasteiger partial charge >= 0.3 is 16.3 Å². The number of β-lactam (4-membered cyclic amide) rings is 1. The van der Waals surface area contributed by atoms with Crippen molar-refractivity contribution in [2.24, 2.45) is 15.9 Å². The number of aromatic hydroxyl groups is 1. The zero-order chi connectivity index (χ0) is 32.6. The molecule has 3 atom stereocenters. The van der Waals surface area contributed by atoms with Crippen LogP contribution >= 0.6 is 23.1 Å². The topological polar surface area (TPSA) is 296 Å². The van der Waals surface area contributed by atoms with Gasteiger partial charge in [-0.1, -0.05) is 16.9 Å². The summed E-state index contributed by atoms with van der Waals surface area (Å²) in [6.45, 7) is 1.75. The Morgan fingerprint density at radius 3 is 2.61 bits per heavy atom. The number of carbonyl (C=O) groups excluding carboxylic acids is 3. The molecule has 0 bridgehead atoms. The largest absolute Gasteiger partial charge is 0.503 e. The zero-order valence-corrected chi connectivity index (χ0v) is 25.0. The average Bonchev–Trinajstić information content (AvgIpc) is 3.60. The number of pyridine rings is 1. The van der Waals surface area contributed by atoms with Crippen LogP contribution in [-0.2, 0) is 29.5 Å². The maximum atomic E-state index is 13.2. The van der Waals surface area contributed by atoms with Crippen LogP contribution in [0.25, 0.3) is 10.7 Å². The fourth-order valence-corrected chi connectivity index (χ4v) is 6.16. The third-order valence-corrected chi connectivity index (χ3v) is 8.85. The van der Waals surface area contributed by atoms with E-state index >= 15 is 0 Å². The molecule has 44 heavy (non-hydrogen) atoms. The number of amidine groups is 1. The van der Waals surface area contributed by atoms with E-state index in [1.54, 1.807) is 0 Å². The van der Waals surface area contributed by atoms with Crippen molar-refractivity contribution in [1.29, 1.82) is 0 Å². The van der Waals surface area contributed by atoms with Crippen LogP contribution in [0, 0.1) is 0 Å². The van der Waals surface area contributed by atoms with E-state index in [0.717, 1.165) is 35.4 Å². The third kappa shape index (κ3) is 6.82. The molecule has 8 N–H and O–H groups in total. The van der Waals surface area contributed by atoms with Gasteiger partial charge in [-0.3, -0.25) is 28.7 Å². The lowest BCUT2D eigenvalue weighted by Gasteiger charge is -2.44. The van der Waals surface area contributed by atoms with Gasteiger partial charge in [0, 0.05) is 29.9 Å². The first-order valence-corrected chi connectivity index (χ1v) is 15.5. The summed E-state index contributed by atoms with van der Waals surface area (Å²) in [5.74, 6) is -4.93. The Labute approximate surface area is 255 Å². The number of aliphatic carboxylic acids is 1. The minimum atomic E-state index is -5.12. The van der Waals surface area contributed by atoms with E-state index in [4.69, 9.17) is 10.6 Å². The van der Waals surface area contributed by atoms with Gasteiger partial charge in [0.1, 0.15) is 22.8 Å². The first kappa shape index (κ1) is 32.4. The van der Waals surface area contributed by atoms with Crippen LogP contribution < -0.4 is 21.8 Å². The number of nitrogens with zero attached hydrogens (tertiary/aromatic N) is 4. The van der Waals surface area contributed by atoms with Crippen molar-refractivity contribution < 1.29 is 47.2 Å². The normalized spacial score (nSPS) is 20.5. The highest BCUT2D eigenvalue weighted by molar-refractivity contribution is 8.14. The minimum absolute atomic E-state index is 0.0638. The highest BCUT2D eigenvalue weighted by Crippen LogP contribution is 2.25. The summed E-state index contributed by atoms with van der Waals surface area (Å²) in [4.78, 5) is 77.6. The molecule has 22 heteroatoms. The predicted octanol–water partition coefficient (Wildman–Crippen LogP) is -1.90. The first-order chi connectivity index (χ1) is 20.5.